The minimum atomic E-state index is -0.397. The number of para-hydroxylation sites is 1. The molecule has 0 atom stereocenters. The van der Waals surface area contributed by atoms with Crippen molar-refractivity contribution in [2.45, 2.75) is 26.9 Å². The van der Waals surface area contributed by atoms with Gasteiger partial charge < -0.3 is 14.9 Å². The molecule has 0 saturated carbocycles. The normalized spacial score (nSPS) is 10.9. The van der Waals surface area contributed by atoms with E-state index in [4.69, 9.17) is 14.9 Å². The zero-order chi connectivity index (χ0) is 19.2. The van der Waals surface area contributed by atoms with Crippen molar-refractivity contribution in [2.75, 3.05) is 6.54 Å². The van der Waals surface area contributed by atoms with Crippen molar-refractivity contribution in [2.24, 2.45) is 5.73 Å². The number of amides is 1. The molecule has 3 rings (SSSR count). The van der Waals surface area contributed by atoms with Crippen molar-refractivity contribution in [1.29, 1.82) is 0 Å². The lowest BCUT2D eigenvalue weighted by atomic mass is 10.2. The van der Waals surface area contributed by atoms with Crippen molar-refractivity contribution in [3.05, 3.63) is 77.5 Å². The monoisotopic (exact) mass is 365 g/mol. The molecule has 0 aliphatic carbocycles. The van der Waals surface area contributed by atoms with Crippen LogP contribution in [0.2, 0.25) is 0 Å². The van der Waals surface area contributed by atoms with Gasteiger partial charge >= 0.3 is 0 Å². The molecule has 1 aromatic heterocycles. The highest BCUT2D eigenvalue weighted by atomic mass is 16.5. The molecule has 1 amide bonds. The van der Waals surface area contributed by atoms with Crippen molar-refractivity contribution in [3.63, 3.8) is 0 Å². The molecule has 0 saturated heterocycles. The van der Waals surface area contributed by atoms with Crippen LogP contribution in [-0.4, -0.2) is 22.3 Å². The fourth-order valence-electron chi connectivity index (χ4n) is 2.78. The minimum Gasteiger partial charge on any atom is -0.457 e. The predicted molar refractivity (Wildman–Crippen MR) is 102 cm³/mol. The number of benzene rings is 2. The Morgan fingerprint density at radius 2 is 1.81 bits per heavy atom. The molecular weight excluding hydrogens is 342 g/mol. The quantitative estimate of drug-likeness (QED) is 0.660. The third kappa shape index (κ3) is 5.43. The van der Waals surface area contributed by atoms with E-state index in [1.165, 1.54) is 0 Å². The third-order valence-electron chi connectivity index (χ3n) is 4.09. The van der Waals surface area contributed by atoms with Gasteiger partial charge in [-0.15, -0.1) is 0 Å². The predicted octanol–water partition coefficient (Wildman–Crippen LogP) is 3.57. The van der Waals surface area contributed by atoms with Crippen molar-refractivity contribution < 1.29 is 13.9 Å². The molecule has 0 unspecified atom stereocenters. The number of primary amides is 1. The van der Waals surface area contributed by atoms with Crippen LogP contribution in [-0.2, 0) is 17.9 Å². The van der Waals surface area contributed by atoms with Crippen LogP contribution in [0.15, 0.2) is 59.0 Å². The van der Waals surface area contributed by atoms with Gasteiger partial charge in [0, 0.05) is 6.54 Å². The second-order valence-electron chi connectivity index (χ2n) is 6.42. The number of nitrogens with zero attached hydrogens (tertiary/aromatic N) is 2. The maximum atomic E-state index is 11.5. The molecule has 2 N–H and O–H groups in total. The van der Waals surface area contributed by atoms with E-state index in [2.05, 4.69) is 4.98 Å². The lowest BCUT2D eigenvalue weighted by Gasteiger charge is -2.19. The van der Waals surface area contributed by atoms with Crippen LogP contribution in [0.1, 0.15) is 22.9 Å². The summed E-state index contributed by atoms with van der Waals surface area (Å²) in [6.07, 6.45) is 0. The summed E-state index contributed by atoms with van der Waals surface area (Å²) in [6.45, 7) is 4.81. The maximum Gasteiger partial charge on any atom is 0.231 e. The van der Waals surface area contributed by atoms with Gasteiger partial charge in [0.15, 0.2) is 0 Å². The number of carbonyl (C=O) groups is 1. The minimum absolute atomic E-state index is 0.115. The molecule has 0 aliphatic heterocycles. The summed E-state index contributed by atoms with van der Waals surface area (Å²) in [6, 6.07) is 17.4. The van der Waals surface area contributed by atoms with Gasteiger partial charge in [-0.3, -0.25) is 9.69 Å². The summed E-state index contributed by atoms with van der Waals surface area (Å²) < 4.78 is 11.5. The van der Waals surface area contributed by atoms with E-state index >= 15 is 0 Å². The molecular formula is C21H23N3O3. The van der Waals surface area contributed by atoms with E-state index in [0.29, 0.717) is 19.0 Å². The standard InChI is InChI=1S/C21H23N3O3/c1-15-16(2)26-21(23-15)14-24(13-20(22)25)12-17-7-6-10-19(11-17)27-18-8-4-3-5-9-18/h3-11H,12-14H2,1-2H3,(H2,22,25). The molecule has 0 bridgehead atoms. The van der Waals surface area contributed by atoms with E-state index < -0.39 is 5.91 Å². The number of aromatic nitrogens is 1. The van der Waals surface area contributed by atoms with Crippen LogP contribution < -0.4 is 10.5 Å². The SMILES string of the molecule is Cc1nc(CN(CC(N)=O)Cc2cccc(Oc3ccccc3)c2)oc1C. The van der Waals surface area contributed by atoms with Gasteiger partial charge in [0.05, 0.1) is 18.8 Å². The molecule has 1 heterocycles. The molecule has 0 radical (unpaired) electrons. The van der Waals surface area contributed by atoms with E-state index in [1.54, 1.807) is 0 Å². The number of nitrogens with two attached hydrogens (primary N) is 1. The molecule has 3 aromatic rings. The number of rotatable bonds is 8. The van der Waals surface area contributed by atoms with Crippen molar-refractivity contribution >= 4 is 5.91 Å². The van der Waals surface area contributed by atoms with Crippen LogP contribution in [0.5, 0.6) is 11.5 Å². The molecule has 0 fully saturated rings. The molecule has 6 heteroatoms. The third-order valence-corrected chi connectivity index (χ3v) is 4.09. The first-order valence-electron chi connectivity index (χ1n) is 8.75. The van der Waals surface area contributed by atoms with Crippen LogP contribution in [0.4, 0.5) is 0 Å². The lowest BCUT2D eigenvalue weighted by molar-refractivity contribution is -0.119. The Morgan fingerprint density at radius 3 is 2.48 bits per heavy atom. The Hall–Kier alpha value is -3.12. The summed E-state index contributed by atoms with van der Waals surface area (Å²) in [5, 5.41) is 0. The Morgan fingerprint density at radius 1 is 1.07 bits per heavy atom. The van der Waals surface area contributed by atoms with Gasteiger partial charge in [0.2, 0.25) is 11.8 Å². The van der Waals surface area contributed by atoms with E-state index in [0.717, 1.165) is 28.5 Å². The largest absolute Gasteiger partial charge is 0.457 e. The average Bonchev–Trinajstić information content (AvgIpc) is 2.93. The highest BCUT2D eigenvalue weighted by Crippen LogP contribution is 2.23. The Bertz CT molecular complexity index is 887. The van der Waals surface area contributed by atoms with Gasteiger partial charge in [0.1, 0.15) is 17.3 Å². The zero-order valence-corrected chi connectivity index (χ0v) is 15.5. The van der Waals surface area contributed by atoms with Gasteiger partial charge in [-0.25, -0.2) is 4.98 Å². The molecule has 27 heavy (non-hydrogen) atoms. The van der Waals surface area contributed by atoms with Crippen LogP contribution in [0, 0.1) is 13.8 Å². The highest BCUT2D eigenvalue weighted by Gasteiger charge is 2.15. The summed E-state index contributed by atoms with van der Waals surface area (Å²) in [5.41, 5.74) is 7.27. The molecule has 6 nitrogen and oxygen atoms in total. The fourth-order valence-corrected chi connectivity index (χ4v) is 2.78. The first-order valence-corrected chi connectivity index (χ1v) is 8.75. The second kappa shape index (κ2) is 8.51. The highest BCUT2D eigenvalue weighted by molar-refractivity contribution is 5.75. The first kappa shape index (κ1) is 18.7. The molecule has 0 spiro atoms. The van der Waals surface area contributed by atoms with Crippen molar-refractivity contribution in [1.82, 2.24) is 9.88 Å². The van der Waals surface area contributed by atoms with Gasteiger partial charge in [-0.05, 0) is 43.7 Å². The van der Waals surface area contributed by atoms with E-state index in [1.807, 2.05) is 73.3 Å². The van der Waals surface area contributed by atoms with Gasteiger partial charge in [-0.1, -0.05) is 30.3 Å². The van der Waals surface area contributed by atoms with Crippen molar-refractivity contribution in [3.8, 4) is 11.5 Å². The second-order valence-corrected chi connectivity index (χ2v) is 6.42. The Kier molecular flexibility index (Phi) is 5.88. The molecule has 0 aliphatic rings. The summed E-state index contributed by atoms with van der Waals surface area (Å²) in [4.78, 5) is 17.8. The summed E-state index contributed by atoms with van der Waals surface area (Å²) in [5.74, 6) is 2.46. The smallest absolute Gasteiger partial charge is 0.231 e. The van der Waals surface area contributed by atoms with Gasteiger partial charge in [-0.2, -0.15) is 0 Å². The number of oxazole rings is 1. The van der Waals surface area contributed by atoms with Crippen LogP contribution in [0.25, 0.3) is 0 Å². The number of ether oxygens (including phenoxy) is 1. The number of hydrogen-bond donors (Lipinski definition) is 1. The zero-order valence-electron chi connectivity index (χ0n) is 15.5. The van der Waals surface area contributed by atoms with E-state index in [-0.39, 0.29) is 6.54 Å². The van der Waals surface area contributed by atoms with Gasteiger partial charge in [0.25, 0.3) is 0 Å². The maximum absolute atomic E-state index is 11.5. The number of carbonyl (C=O) groups excluding carboxylic acids is 1. The van der Waals surface area contributed by atoms with Crippen LogP contribution >= 0.6 is 0 Å². The molecule has 2 aromatic carbocycles. The number of aryl methyl sites for hydroxylation is 2. The fraction of sp³-hybridized carbons (Fsp3) is 0.238. The topological polar surface area (TPSA) is 81.6 Å². The number of hydrogen-bond acceptors (Lipinski definition) is 5. The van der Waals surface area contributed by atoms with Crippen LogP contribution in [0.3, 0.4) is 0 Å². The Labute approximate surface area is 158 Å². The molecule has 140 valence electrons. The lowest BCUT2D eigenvalue weighted by Crippen LogP contribution is -2.33. The average molecular weight is 365 g/mol. The Balaban J connectivity index is 1.72. The van der Waals surface area contributed by atoms with E-state index in [9.17, 15) is 4.79 Å². The summed E-state index contributed by atoms with van der Waals surface area (Å²) in [7, 11) is 0. The summed E-state index contributed by atoms with van der Waals surface area (Å²) >= 11 is 0. The first-order chi connectivity index (χ1) is 13.0.